The first-order chi connectivity index (χ1) is 14.9. The summed E-state index contributed by atoms with van der Waals surface area (Å²) in [7, 11) is -3.61. The maximum atomic E-state index is 12.7. The molecule has 4 rings (SSSR count). The minimum absolute atomic E-state index is 0.159. The molecule has 3 aromatic rings. The largest absolute Gasteiger partial charge is 0.334 e. The molecule has 0 radical (unpaired) electrons. The normalized spacial score (nSPS) is 12.5. The van der Waals surface area contributed by atoms with Crippen LogP contribution in [0.15, 0.2) is 70.8 Å². The van der Waals surface area contributed by atoms with Crippen LogP contribution in [-0.2, 0) is 29.5 Å². The van der Waals surface area contributed by atoms with E-state index in [1.54, 1.807) is 60.6 Å². The average molecular weight is 439 g/mol. The van der Waals surface area contributed by atoms with Gasteiger partial charge in [-0.1, -0.05) is 26.0 Å². The SMILES string of the molecule is CC.Cc1ccc(S(=O)(=O)c2ccc(CNC(=O)N3Cc4ccncc4C3)cc2)cn1. The van der Waals surface area contributed by atoms with Crippen LogP contribution in [0.1, 0.15) is 36.2 Å². The standard InChI is InChI=1S/C21H20N4O3S.C2H6/c1-15-2-5-20(12-23-15)29(27,28)19-6-3-16(4-7-19)10-24-21(26)25-13-17-8-9-22-11-18(17)14-25;1-2/h2-9,11-12H,10,13-14H2,1H3,(H,24,26);1-2H3. The molecular weight excluding hydrogens is 412 g/mol. The van der Waals surface area contributed by atoms with Gasteiger partial charge in [0.2, 0.25) is 9.84 Å². The number of nitrogens with zero attached hydrogens (tertiary/aromatic N) is 3. The number of hydrogen-bond acceptors (Lipinski definition) is 5. The van der Waals surface area contributed by atoms with Crippen molar-refractivity contribution in [1.29, 1.82) is 0 Å². The van der Waals surface area contributed by atoms with Crippen molar-refractivity contribution < 1.29 is 13.2 Å². The van der Waals surface area contributed by atoms with Crippen LogP contribution in [0.25, 0.3) is 0 Å². The fourth-order valence-corrected chi connectivity index (χ4v) is 4.39. The van der Waals surface area contributed by atoms with Gasteiger partial charge in [0.15, 0.2) is 0 Å². The first-order valence-corrected chi connectivity index (χ1v) is 11.6. The number of fused-ring (bicyclic) bond motifs is 1. The number of pyridine rings is 2. The summed E-state index contributed by atoms with van der Waals surface area (Å²) in [6.45, 7) is 7.22. The van der Waals surface area contributed by atoms with E-state index < -0.39 is 9.84 Å². The van der Waals surface area contributed by atoms with Gasteiger partial charge in [-0.05, 0) is 53.9 Å². The molecular formula is C23H26N4O3S. The Balaban J connectivity index is 0.00000132. The molecule has 31 heavy (non-hydrogen) atoms. The number of sulfone groups is 1. The van der Waals surface area contributed by atoms with E-state index in [1.807, 2.05) is 19.9 Å². The third kappa shape index (κ3) is 5.08. The summed E-state index contributed by atoms with van der Waals surface area (Å²) < 4.78 is 25.4. The Morgan fingerprint density at radius 1 is 0.968 bits per heavy atom. The van der Waals surface area contributed by atoms with E-state index in [2.05, 4.69) is 15.3 Å². The van der Waals surface area contributed by atoms with E-state index >= 15 is 0 Å². The van der Waals surface area contributed by atoms with E-state index in [1.165, 1.54) is 6.20 Å². The molecule has 0 aliphatic carbocycles. The predicted octanol–water partition coefficient (Wildman–Crippen LogP) is 3.87. The monoisotopic (exact) mass is 438 g/mol. The first kappa shape index (κ1) is 22.4. The zero-order valence-corrected chi connectivity index (χ0v) is 18.7. The molecule has 1 aromatic carbocycles. The molecule has 162 valence electrons. The van der Waals surface area contributed by atoms with E-state index in [0.717, 1.165) is 22.4 Å². The molecule has 1 aliphatic rings. The molecule has 0 saturated heterocycles. The van der Waals surface area contributed by atoms with Crippen molar-refractivity contribution in [3.05, 3.63) is 83.4 Å². The van der Waals surface area contributed by atoms with Crippen LogP contribution in [0, 0.1) is 6.92 Å². The van der Waals surface area contributed by atoms with Crippen LogP contribution in [0.2, 0.25) is 0 Å². The third-order valence-corrected chi connectivity index (χ3v) is 6.64. The smallest absolute Gasteiger partial charge is 0.318 e. The van der Waals surface area contributed by atoms with E-state index in [9.17, 15) is 13.2 Å². The highest BCUT2D eigenvalue weighted by Crippen LogP contribution is 2.22. The number of aromatic nitrogens is 2. The van der Waals surface area contributed by atoms with E-state index in [-0.39, 0.29) is 15.8 Å². The van der Waals surface area contributed by atoms with E-state index in [0.29, 0.717) is 19.6 Å². The van der Waals surface area contributed by atoms with Crippen molar-refractivity contribution in [1.82, 2.24) is 20.2 Å². The Morgan fingerprint density at radius 3 is 2.29 bits per heavy atom. The lowest BCUT2D eigenvalue weighted by Crippen LogP contribution is -2.35. The first-order valence-electron chi connectivity index (χ1n) is 10.1. The van der Waals surface area contributed by atoms with Gasteiger partial charge in [-0.3, -0.25) is 9.97 Å². The summed E-state index contributed by atoms with van der Waals surface area (Å²) in [5.41, 5.74) is 3.74. The molecule has 8 heteroatoms. The molecule has 0 atom stereocenters. The average Bonchev–Trinajstić information content (AvgIpc) is 3.24. The lowest BCUT2D eigenvalue weighted by Gasteiger charge is -2.16. The highest BCUT2D eigenvalue weighted by Gasteiger charge is 2.23. The second-order valence-corrected chi connectivity index (χ2v) is 8.89. The predicted molar refractivity (Wildman–Crippen MR) is 118 cm³/mol. The van der Waals surface area contributed by atoms with Gasteiger partial charge in [-0.15, -0.1) is 0 Å². The van der Waals surface area contributed by atoms with Crippen molar-refractivity contribution in [2.75, 3.05) is 0 Å². The Bertz CT molecular complexity index is 1120. The van der Waals surface area contributed by atoms with Gasteiger partial charge < -0.3 is 10.2 Å². The highest BCUT2D eigenvalue weighted by molar-refractivity contribution is 7.91. The van der Waals surface area contributed by atoms with Gasteiger partial charge in [-0.2, -0.15) is 0 Å². The molecule has 0 unspecified atom stereocenters. The minimum atomic E-state index is -3.61. The molecule has 2 amide bonds. The van der Waals surface area contributed by atoms with Crippen LogP contribution in [0.3, 0.4) is 0 Å². The van der Waals surface area contributed by atoms with Gasteiger partial charge in [0.25, 0.3) is 0 Å². The molecule has 2 aromatic heterocycles. The zero-order chi connectivity index (χ0) is 22.4. The van der Waals surface area contributed by atoms with Gasteiger partial charge in [0, 0.05) is 43.9 Å². The second-order valence-electron chi connectivity index (χ2n) is 6.94. The summed E-state index contributed by atoms with van der Waals surface area (Å²) in [6.07, 6.45) is 4.87. The number of amides is 2. The Morgan fingerprint density at radius 2 is 1.65 bits per heavy atom. The second kappa shape index (κ2) is 9.70. The number of carbonyl (C=O) groups excluding carboxylic acids is 1. The Hall–Kier alpha value is -3.26. The van der Waals surface area contributed by atoms with Crippen molar-refractivity contribution >= 4 is 15.9 Å². The van der Waals surface area contributed by atoms with Crippen molar-refractivity contribution in [3.8, 4) is 0 Å². The molecule has 0 spiro atoms. The molecule has 0 saturated carbocycles. The molecule has 0 bridgehead atoms. The van der Waals surface area contributed by atoms with Gasteiger partial charge in [-0.25, -0.2) is 13.2 Å². The summed E-state index contributed by atoms with van der Waals surface area (Å²) in [5, 5.41) is 2.88. The number of nitrogens with one attached hydrogen (secondary N) is 1. The zero-order valence-electron chi connectivity index (χ0n) is 17.9. The molecule has 3 heterocycles. The highest BCUT2D eigenvalue weighted by atomic mass is 32.2. The Kier molecular flexibility index (Phi) is 7.02. The van der Waals surface area contributed by atoms with Gasteiger partial charge in [0.05, 0.1) is 9.79 Å². The Labute approximate surface area is 183 Å². The number of urea groups is 1. The topological polar surface area (TPSA) is 92.3 Å². The van der Waals surface area contributed by atoms with Gasteiger partial charge >= 0.3 is 6.03 Å². The number of aryl methyl sites for hydroxylation is 1. The number of carbonyl (C=O) groups is 1. The number of rotatable bonds is 4. The number of benzene rings is 1. The molecule has 1 aliphatic heterocycles. The van der Waals surface area contributed by atoms with Gasteiger partial charge in [0.1, 0.15) is 0 Å². The lowest BCUT2D eigenvalue weighted by atomic mass is 10.2. The quantitative estimate of drug-likeness (QED) is 0.668. The minimum Gasteiger partial charge on any atom is -0.334 e. The van der Waals surface area contributed by atoms with Crippen molar-refractivity contribution in [2.24, 2.45) is 0 Å². The fourth-order valence-electron chi connectivity index (χ4n) is 3.19. The summed E-state index contributed by atoms with van der Waals surface area (Å²) in [4.78, 5) is 22.6. The van der Waals surface area contributed by atoms with Crippen LogP contribution in [0.4, 0.5) is 4.79 Å². The van der Waals surface area contributed by atoms with Crippen LogP contribution in [-0.4, -0.2) is 29.3 Å². The summed E-state index contributed by atoms with van der Waals surface area (Å²) >= 11 is 0. The van der Waals surface area contributed by atoms with Crippen molar-refractivity contribution in [3.63, 3.8) is 0 Å². The summed E-state index contributed by atoms with van der Waals surface area (Å²) in [5.74, 6) is 0. The maximum Gasteiger partial charge on any atom is 0.318 e. The number of hydrogen-bond donors (Lipinski definition) is 1. The van der Waals surface area contributed by atoms with Crippen LogP contribution in [0.5, 0.6) is 0 Å². The maximum absolute atomic E-state index is 12.7. The van der Waals surface area contributed by atoms with E-state index in [4.69, 9.17) is 0 Å². The fraction of sp³-hybridized carbons (Fsp3) is 0.261. The summed E-state index contributed by atoms with van der Waals surface area (Å²) in [6, 6.07) is 11.5. The third-order valence-electron chi connectivity index (χ3n) is 4.89. The van der Waals surface area contributed by atoms with Crippen LogP contribution < -0.4 is 5.32 Å². The van der Waals surface area contributed by atoms with Crippen LogP contribution >= 0.6 is 0 Å². The molecule has 7 nitrogen and oxygen atoms in total. The van der Waals surface area contributed by atoms with Crippen molar-refractivity contribution in [2.45, 2.75) is 50.2 Å². The molecule has 0 fully saturated rings. The molecule has 1 N–H and O–H groups in total. The lowest BCUT2D eigenvalue weighted by molar-refractivity contribution is 0.198.